The van der Waals surface area contributed by atoms with Crippen molar-refractivity contribution in [2.75, 3.05) is 19.6 Å². The van der Waals surface area contributed by atoms with Gasteiger partial charge in [-0.1, -0.05) is 0 Å². The van der Waals surface area contributed by atoms with Crippen LogP contribution in [0.3, 0.4) is 0 Å². The highest BCUT2D eigenvalue weighted by molar-refractivity contribution is 5.66. The first kappa shape index (κ1) is 10.3. The maximum atomic E-state index is 10.9. The van der Waals surface area contributed by atoms with Crippen LogP contribution < -0.4 is 5.32 Å². The quantitative estimate of drug-likeness (QED) is 0.676. The number of nitrogens with one attached hydrogen (secondary N) is 1. The fraction of sp³-hybridized carbons (Fsp3) is 0.889. The maximum Gasteiger partial charge on any atom is 0.407 e. The van der Waals surface area contributed by atoms with Gasteiger partial charge in [0, 0.05) is 31.1 Å². The van der Waals surface area contributed by atoms with E-state index in [4.69, 9.17) is 5.11 Å². The maximum absolute atomic E-state index is 10.9. The van der Waals surface area contributed by atoms with Crippen LogP contribution in [0.5, 0.6) is 0 Å². The highest BCUT2D eigenvalue weighted by atomic mass is 16.4. The third-order valence-electron chi connectivity index (χ3n) is 2.35. The number of carboxylic acid groups (broad SMARTS) is 1. The van der Waals surface area contributed by atoms with Gasteiger partial charge in [-0.15, -0.1) is 0 Å². The zero-order chi connectivity index (χ0) is 10.1. The molecule has 2 N–H and O–H groups in total. The van der Waals surface area contributed by atoms with Crippen LogP contribution in [0.1, 0.15) is 20.8 Å². The molecule has 0 aromatic carbocycles. The molecular formula is C9H18N2O2. The average Bonchev–Trinajstić information content (AvgIpc) is 1.79. The number of hydrogen-bond donors (Lipinski definition) is 2. The molecule has 1 heterocycles. The van der Waals surface area contributed by atoms with Gasteiger partial charge in [0.15, 0.2) is 0 Å². The Morgan fingerprint density at radius 2 is 2.08 bits per heavy atom. The van der Waals surface area contributed by atoms with Crippen molar-refractivity contribution in [2.24, 2.45) is 5.92 Å². The van der Waals surface area contributed by atoms with Gasteiger partial charge in [-0.3, -0.25) is 0 Å². The Morgan fingerprint density at radius 3 is 2.31 bits per heavy atom. The van der Waals surface area contributed by atoms with E-state index >= 15 is 0 Å². The summed E-state index contributed by atoms with van der Waals surface area (Å²) in [5.41, 5.74) is -0.290. The van der Waals surface area contributed by atoms with Gasteiger partial charge in [0.25, 0.3) is 0 Å². The van der Waals surface area contributed by atoms with E-state index in [1.807, 2.05) is 20.8 Å². The summed E-state index contributed by atoms with van der Waals surface area (Å²) in [7, 11) is 0. The lowest BCUT2D eigenvalue weighted by Gasteiger charge is -2.38. The van der Waals surface area contributed by atoms with Crippen molar-refractivity contribution in [3.05, 3.63) is 0 Å². The molecule has 4 heteroatoms. The standard InChI is InChI=1S/C9H18N2O2/c1-9(2,3)11(8(12)13)6-7-4-10-5-7/h7,10H,4-6H2,1-3H3,(H,12,13). The molecule has 0 atom stereocenters. The van der Waals surface area contributed by atoms with Crippen LogP contribution in [0.2, 0.25) is 0 Å². The SMILES string of the molecule is CC(C)(C)N(CC1CNC1)C(=O)O. The Bertz CT molecular complexity index is 194. The van der Waals surface area contributed by atoms with Crippen LogP contribution in [0.25, 0.3) is 0 Å². The zero-order valence-electron chi connectivity index (χ0n) is 8.50. The van der Waals surface area contributed by atoms with Gasteiger partial charge in [0.1, 0.15) is 0 Å². The number of nitrogens with zero attached hydrogens (tertiary/aromatic N) is 1. The van der Waals surface area contributed by atoms with Gasteiger partial charge in [-0.05, 0) is 20.8 Å². The van der Waals surface area contributed by atoms with E-state index in [0.717, 1.165) is 13.1 Å². The Labute approximate surface area is 78.9 Å². The third-order valence-corrected chi connectivity index (χ3v) is 2.35. The van der Waals surface area contributed by atoms with E-state index < -0.39 is 6.09 Å². The molecule has 1 fully saturated rings. The van der Waals surface area contributed by atoms with Crippen LogP contribution in [-0.4, -0.2) is 41.3 Å². The van der Waals surface area contributed by atoms with Gasteiger partial charge >= 0.3 is 6.09 Å². The monoisotopic (exact) mass is 186 g/mol. The van der Waals surface area contributed by atoms with Crippen molar-refractivity contribution in [1.82, 2.24) is 10.2 Å². The summed E-state index contributed by atoms with van der Waals surface area (Å²) in [4.78, 5) is 12.4. The minimum atomic E-state index is -0.820. The van der Waals surface area contributed by atoms with E-state index in [1.165, 1.54) is 4.90 Å². The summed E-state index contributed by atoms with van der Waals surface area (Å²) in [5, 5.41) is 12.1. The molecule has 1 aliphatic rings. The van der Waals surface area contributed by atoms with Crippen LogP contribution in [0, 0.1) is 5.92 Å². The molecule has 13 heavy (non-hydrogen) atoms. The highest BCUT2D eigenvalue weighted by Gasteiger charge is 2.30. The van der Waals surface area contributed by atoms with Crippen LogP contribution in [0.4, 0.5) is 4.79 Å². The van der Waals surface area contributed by atoms with Crippen molar-refractivity contribution >= 4 is 6.09 Å². The van der Waals surface area contributed by atoms with Crippen molar-refractivity contribution in [3.63, 3.8) is 0 Å². The molecular weight excluding hydrogens is 168 g/mol. The molecule has 0 aliphatic carbocycles. The summed E-state index contributed by atoms with van der Waals surface area (Å²) in [6.07, 6.45) is -0.820. The molecule has 0 aromatic rings. The second-order valence-corrected chi connectivity index (χ2v) is 4.59. The largest absolute Gasteiger partial charge is 0.465 e. The molecule has 0 spiro atoms. The van der Waals surface area contributed by atoms with Gasteiger partial charge in [0.2, 0.25) is 0 Å². The van der Waals surface area contributed by atoms with E-state index in [9.17, 15) is 4.79 Å². The topological polar surface area (TPSA) is 52.6 Å². The van der Waals surface area contributed by atoms with Gasteiger partial charge in [0.05, 0.1) is 0 Å². The van der Waals surface area contributed by atoms with Gasteiger partial charge in [-0.25, -0.2) is 4.79 Å². The highest BCUT2D eigenvalue weighted by Crippen LogP contribution is 2.17. The van der Waals surface area contributed by atoms with Gasteiger partial charge < -0.3 is 15.3 Å². The van der Waals surface area contributed by atoms with Crippen molar-refractivity contribution in [1.29, 1.82) is 0 Å². The fourth-order valence-corrected chi connectivity index (χ4v) is 1.37. The Kier molecular flexibility index (Phi) is 2.81. The number of rotatable bonds is 2. The minimum absolute atomic E-state index is 0.290. The Morgan fingerprint density at radius 1 is 1.54 bits per heavy atom. The predicted molar refractivity (Wildman–Crippen MR) is 50.8 cm³/mol. The number of hydrogen-bond acceptors (Lipinski definition) is 2. The second kappa shape index (κ2) is 3.54. The molecule has 4 nitrogen and oxygen atoms in total. The lowest BCUT2D eigenvalue weighted by molar-refractivity contribution is 0.0809. The molecule has 0 aromatic heterocycles. The second-order valence-electron chi connectivity index (χ2n) is 4.59. The first-order chi connectivity index (χ1) is 5.91. The average molecular weight is 186 g/mol. The summed E-state index contributed by atoms with van der Waals surface area (Å²) in [5.74, 6) is 0.496. The Hall–Kier alpha value is -0.770. The normalized spacial score (nSPS) is 18.1. The molecule has 0 saturated carbocycles. The lowest BCUT2D eigenvalue weighted by atomic mass is 9.99. The molecule has 76 valence electrons. The van der Waals surface area contributed by atoms with Crippen LogP contribution >= 0.6 is 0 Å². The smallest absolute Gasteiger partial charge is 0.407 e. The summed E-state index contributed by atoms with van der Waals surface area (Å²) in [6.45, 7) is 8.30. The fourth-order valence-electron chi connectivity index (χ4n) is 1.37. The minimum Gasteiger partial charge on any atom is -0.465 e. The first-order valence-electron chi connectivity index (χ1n) is 4.62. The molecule has 1 rings (SSSR count). The molecule has 1 saturated heterocycles. The summed E-state index contributed by atoms with van der Waals surface area (Å²) >= 11 is 0. The van der Waals surface area contributed by atoms with Gasteiger partial charge in [-0.2, -0.15) is 0 Å². The molecule has 0 unspecified atom stereocenters. The first-order valence-corrected chi connectivity index (χ1v) is 4.62. The summed E-state index contributed by atoms with van der Waals surface area (Å²) < 4.78 is 0. The van der Waals surface area contributed by atoms with Crippen molar-refractivity contribution < 1.29 is 9.90 Å². The molecule has 1 amide bonds. The molecule has 0 bridgehead atoms. The third kappa shape index (κ3) is 2.59. The van der Waals surface area contributed by atoms with Crippen molar-refractivity contribution in [2.45, 2.75) is 26.3 Å². The molecule has 1 aliphatic heterocycles. The van der Waals surface area contributed by atoms with E-state index in [1.54, 1.807) is 0 Å². The van der Waals surface area contributed by atoms with Crippen LogP contribution in [-0.2, 0) is 0 Å². The van der Waals surface area contributed by atoms with E-state index in [0.29, 0.717) is 12.5 Å². The predicted octanol–water partition coefficient (Wildman–Crippen LogP) is 0.984. The van der Waals surface area contributed by atoms with E-state index in [2.05, 4.69) is 5.32 Å². The summed E-state index contributed by atoms with van der Waals surface area (Å²) in [6, 6.07) is 0. The van der Waals surface area contributed by atoms with E-state index in [-0.39, 0.29) is 5.54 Å². The van der Waals surface area contributed by atoms with Crippen LogP contribution in [0.15, 0.2) is 0 Å². The van der Waals surface area contributed by atoms with Crippen molar-refractivity contribution in [3.8, 4) is 0 Å². The number of amides is 1. The zero-order valence-corrected chi connectivity index (χ0v) is 8.50. The lowest BCUT2D eigenvalue weighted by Crippen LogP contribution is -2.54. The Balaban J connectivity index is 2.51. The molecule has 0 radical (unpaired) electrons. The number of carbonyl (C=O) groups is 1.